The maximum absolute atomic E-state index is 10.0. The van der Waals surface area contributed by atoms with Gasteiger partial charge in [-0.05, 0) is 0 Å². The summed E-state index contributed by atoms with van der Waals surface area (Å²) < 4.78 is 10.00. The number of rotatable bonds is 9. The lowest BCUT2D eigenvalue weighted by molar-refractivity contribution is -0.434. The summed E-state index contributed by atoms with van der Waals surface area (Å²) in [6.07, 6.45) is -4.91. The molecule has 0 bridgehead atoms. The van der Waals surface area contributed by atoms with Crippen molar-refractivity contribution in [3.63, 3.8) is 0 Å². The van der Waals surface area contributed by atoms with E-state index in [-0.39, 0.29) is 5.56 Å². The smallest absolute Gasteiger partial charge is 0.217 e. The van der Waals surface area contributed by atoms with Gasteiger partial charge in [-0.3, -0.25) is 0 Å². The fourth-order valence-corrected chi connectivity index (χ4v) is 2.18. The minimum Gasteiger partial charge on any atom is -0.364 e. The van der Waals surface area contributed by atoms with Gasteiger partial charge in [0.25, 0.3) is 0 Å². The number of hydrogen-bond donors (Lipinski definition) is 4. The van der Waals surface area contributed by atoms with E-state index >= 15 is 0 Å². The number of methoxy groups -OCH3 is 2. The van der Waals surface area contributed by atoms with Crippen LogP contribution in [0.4, 0.5) is 0 Å². The highest BCUT2D eigenvalue weighted by atomic mass is 17.2. The third-order valence-electron chi connectivity index (χ3n) is 3.68. The first-order valence-electron chi connectivity index (χ1n) is 7.76. The summed E-state index contributed by atoms with van der Waals surface area (Å²) in [6, 6.07) is 12.5. The first kappa shape index (κ1) is 20.4. The zero-order valence-electron chi connectivity index (χ0n) is 14.4. The van der Waals surface area contributed by atoms with Gasteiger partial charge in [0.05, 0.1) is 0 Å². The van der Waals surface area contributed by atoms with Gasteiger partial charge in [0.15, 0.2) is 12.6 Å². The number of aliphatic hydroxyl groups excluding tert-OH is 3. The molecule has 3 atom stereocenters. The fourth-order valence-electron chi connectivity index (χ4n) is 2.18. The van der Waals surface area contributed by atoms with E-state index in [0.717, 1.165) is 0 Å². The van der Waals surface area contributed by atoms with Crippen molar-refractivity contribution in [1.82, 2.24) is 0 Å². The Morgan fingerprint density at radius 1 is 0.577 bits per heavy atom. The van der Waals surface area contributed by atoms with Crippen LogP contribution in [0.25, 0.3) is 0 Å². The van der Waals surface area contributed by atoms with Crippen LogP contribution in [0.1, 0.15) is 47.4 Å². The summed E-state index contributed by atoms with van der Waals surface area (Å²) in [4.78, 5) is 10.1. The molecule has 2 aromatic carbocycles. The van der Waals surface area contributed by atoms with Gasteiger partial charge in [-0.15, -0.1) is 0 Å². The molecule has 0 radical (unpaired) electrons. The highest BCUT2D eigenvalue weighted by Gasteiger charge is 2.17. The molecule has 0 aliphatic rings. The molecule has 142 valence electrons. The summed E-state index contributed by atoms with van der Waals surface area (Å²) >= 11 is 0. The van der Waals surface area contributed by atoms with Crippen LogP contribution in [0.15, 0.2) is 48.5 Å². The molecule has 0 aromatic heterocycles. The SMILES string of the molecule is COC(O)c1ccc(C(OC)OOC(O)c2ccc(C(O)O)cc2)cc1. The molecule has 0 aliphatic heterocycles. The van der Waals surface area contributed by atoms with E-state index in [1.807, 2.05) is 0 Å². The summed E-state index contributed by atoms with van der Waals surface area (Å²) in [7, 11) is 2.80. The van der Waals surface area contributed by atoms with Gasteiger partial charge >= 0.3 is 0 Å². The van der Waals surface area contributed by atoms with Crippen LogP contribution in [0.2, 0.25) is 0 Å². The fraction of sp³-hybridized carbons (Fsp3) is 0.333. The Bertz CT molecular complexity index is 656. The van der Waals surface area contributed by atoms with E-state index in [4.69, 9.17) is 29.5 Å². The van der Waals surface area contributed by atoms with E-state index in [0.29, 0.717) is 16.7 Å². The van der Waals surface area contributed by atoms with Gasteiger partial charge in [0, 0.05) is 36.5 Å². The van der Waals surface area contributed by atoms with Crippen molar-refractivity contribution >= 4 is 0 Å². The third-order valence-corrected chi connectivity index (χ3v) is 3.68. The normalized spacial score (nSPS) is 15.0. The van der Waals surface area contributed by atoms with Crippen molar-refractivity contribution in [3.8, 4) is 0 Å². The molecule has 0 heterocycles. The highest BCUT2D eigenvalue weighted by molar-refractivity contribution is 5.25. The lowest BCUT2D eigenvalue weighted by atomic mass is 10.1. The Hall–Kier alpha value is -1.88. The van der Waals surface area contributed by atoms with Crippen LogP contribution in [-0.4, -0.2) is 34.6 Å². The minimum atomic E-state index is -1.59. The van der Waals surface area contributed by atoms with E-state index in [9.17, 15) is 10.2 Å². The third kappa shape index (κ3) is 5.31. The Morgan fingerprint density at radius 2 is 1.04 bits per heavy atom. The van der Waals surface area contributed by atoms with Crippen LogP contribution in [0.3, 0.4) is 0 Å². The molecule has 0 aliphatic carbocycles. The number of hydrogen-bond acceptors (Lipinski definition) is 8. The predicted octanol–water partition coefficient (Wildman–Crippen LogP) is 1.59. The zero-order chi connectivity index (χ0) is 19.1. The van der Waals surface area contributed by atoms with Crippen LogP contribution in [-0.2, 0) is 19.2 Å². The van der Waals surface area contributed by atoms with Gasteiger partial charge < -0.3 is 29.9 Å². The number of aliphatic hydroxyl groups is 4. The van der Waals surface area contributed by atoms with Crippen molar-refractivity contribution in [2.45, 2.75) is 25.2 Å². The molecule has 26 heavy (non-hydrogen) atoms. The first-order chi connectivity index (χ1) is 12.5. The molecule has 3 unspecified atom stereocenters. The molecule has 4 N–H and O–H groups in total. The molecule has 0 saturated heterocycles. The molecule has 2 aromatic rings. The molecule has 0 amide bonds. The largest absolute Gasteiger partial charge is 0.364 e. The minimum absolute atomic E-state index is 0.287. The van der Waals surface area contributed by atoms with Crippen molar-refractivity contribution in [3.05, 3.63) is 70.8 Å². The first-order valence-corrected chi connectivity index (χ1v) is 7.76. The van der Waals surface area contributed by atoms with Gasteiger partial charge in [0.2, 0.25) is 12.6 Å². The summed E-state index contributed by atoms with van der Waals surface area (Å²) in [5.74, 6) is 0. The van der Waals surface area contributed by atoms with Crippen molar-refractivity contribution in [2.75, 3.05) is 14.2 Å². The Balaban J connectivity index is 1.97. The lowest BCUT2D eigenvalue weighted by Crippen LogP contribution is -2.11. The van der Waals surface area contributed by atoms with Gasteiger partial charge in [-0.2, -0.15) is 9.78 Å². The monoisotopic (exact) mass is 366 g/mol. The van der Waals surface area contributed by atoms with Gasteiger partial charge in [0.1, 0.15) is 0 Å². The second kappa shape index (κ2) is 9.72. The van der Waals surface area contributed by atoms with Crippen molar-refractivity contribution in [1.29, 1.82) is 0 Å². The molecule has 0 spiro atoms. The quantitative estimate of drug-likeness (QED) is 0.300. The Labute approximate surface area is 150 Å². The van der Waals surface area contributed by atoms with Crippen LogP contribution < -0.4 is 0 Å². The predicted molar refractivity (Wildman–Crippen MR) is 88.9 cm³/mol. The van der Waals surface area contributed by atoms with Gasteiger partial charge in [-0.1, -0.05) is 48.5 Å². The van der Waals surface area contributed by atoms with Crippen molar-refractivity contribution < 1.29 is 39.7 Å². The van der Waals surface area contributed by atoms with Crippen LogP contribution >= 0.6 is 0 Å². The van der Waals surface area contributed by atoms with E-state index in [1.54, 1.807) is 24.3 Å². The number of ether oxygens (including phenoxy) is 2. The van der Waals surface area contributed by atoms with Crippen LogP contribution in [0, 0.1) is 0 Å². The lowest BCUT2D eigenvalue weighted by Gasteiger charge is -2.19. The Kier molecular flexibility index (Phi) is 7.64. The maximum Gasteiger partial charge on any atom is 0.217 e. The second-order valence-corrected chi connectivity index (χ2v) is 5.41. The summed E-state index contributed by atoms with van der Waals surface area (Å²) in [5.41, 5.74) is 1.82. The van der Waals surface area contributed by atoms with E-state index in [2.05, 4.69) is 0 Å². The molecule has 8 heteroatoms. The topological polar surface area (TPSA) is 118 Å². The highest BCUT2D eigenvalue weighted by Crippen LogP contribution is 2.25. The van der Waals surface area contributed by atoms with Crippen LogP contribution in [0.5, 0.6) is 0 Å². The second-order valence-electron chi connectivity index (χ2n) is 5.41. The van der Waals surface area contributed by atoms with E-state index < -0.39 is 25.2 Å². The van der Waals surface area contributed by atoms with E-state index in [1.165, 1.54) is 38.5 Å². The standard InChI is InChI=1S/C18H22O8/c1-23-16(21)12-7-9-14(10-8-12)18(24-2)26-25-17(22)13-5-3-11(4-6-13)15(19)20/h3-10,15-22H,1-2H3. The molecule has 8 nitrogen and oxygen atoms in total. The number of benzene rings is 2. The summed E-state index contributed by atoms with van der Waals surface area (Å²) in [5, 5.41) is 37.7. The maximum atomic E-state index is 10.0. The van der Waals surface area contributed by atoms with Crippen molar-refractivity contribution in [2.24, 2.45) is 0 Å². The Morgan fingerprint density at radius 3 is 1.50 bits per heavy atom. The molecule has 2 rings (SSSR count). The molecule has 0 saturated carbocycles. The van der Waals surface area contributed by atoms with Gasteiger partial charge in [-0.25, -0.2) is 0 Å². The molecular weight excluding hydrogens is 344 g/mol. The zero-order valence-corrected chi connectivity index (χ0v) is 14.4. The summed E-state index contributed by atoms with van der Waals surface area (Å²) in [6.45, 7) is 0. The molecule has 0 fully saturated rings. The molecular formula is C18H22O8. The average molecular weight is 366 g/mol. The average Bonchev–Trinajstić information content (AvgIpc) is 2.68.